The quantitative estimate of drug-likeness (QED) is 0.638. The molecule has 0 aromatic rings. The third-order valence-corrected chi connectivity index (χ3v) is 3.54. The van der Waals surface area contributed by atoms with Gasteiger partial charge < -0.3 is 5.32 Å². The third kappa shape index (κ3) is 2.98. The number of hydrogen-bond donors (Lipinski definition) is 1. The Balaban J connectivity index is 2.23. The normalized spacial score (nSPS) is 21.5. The molecule has 0 amide bonds. The van der Waals surface area contributed by atoms with Crippen LogP contribution in [0.15, 0.2) is 0 Å². The van der Waals surface area contributed by atoms with Gasteiger partial charge in [-0.15, -0.1) is 0 Å². The van der Waals surface area contributed by atoms with E-state index in [0.717, 1.165) is 6.04 Å². The molecule has 1 nitrogen and oxygen atoms in total. The lowest BCUT2D eigenvalue weighted by atomic mass is 9.91. The third-order valence-electron chi connectivity index (χ3n) is 3.54. The SMILES string of the molecule is CCCCC1(C(C)NCCC)CC1. The fourth-order valence-electron chi connectivity index (χ4n) is 2.17. The van der Waals surface area contributed by atoms with Crippen LogP contribution >= 0.6 is 0 Å². The number of hydrogen-bond acceptors (Lipinski definition) is 1. The second-order valence-electron chi connectivity index (χ2n) is 4.64. The molecule has 0 spiro atoms. The standard InChI is InChI=1S/C12H25N/c1-4-6-7-12(8-9-12)11(3)13-10-5-2/h11,13H,4-10H2,1-3H3. The molecule has 1 N–H and O–H groups in total. The van der Waals surface area contributed by atoms with E-state index in [1.165, 1.54) is 45.1 Å². The molecular weight excluding hydrogens is 158 g/mol. The van der Waals surface area contributed by atoms with Gasteiger partial charge in [-0.25, -0.2) is 0 Å². The first-order valence-electron chi connectivity index (χ1n) is 5.98. The van der Waals surface area contributed by atoms with Crippen molar-refractivity contribution >= 4 is 0 Å². The zero-order chi connectivity index (χ0) is 9.73. The van der Waals surface area contributed by atoms with Crippen molar-refractivity contribution in [1.82, 2.24) is 5.32 Å². The number of nitrogens with one attached hydrogen (secondary N) is 1. The molecule has 0 radical (unpaired) electrons. The highest BCUT2D eigenvalue weighted by molar-refractivity contribution is 4.99. The summed E-state index contributed by atoms with van der Waals surface area (Å²) >= 11 is 0. The highest BCUT2D eigenvalue weighted by atomic mass is 14.9. The molecule has 0 saturated heterocycles. The second-order valence-corrected chi connectivity index (χ2v) is 4.64. The molecule has 1 heteroatoms. The van der Waals surface area contributed by atoms with Crippen LogP contribution in [-0.2, 0) is 0 Å². The van der Waals surface area contributed by atoms with E-state index in [-0.39, 0.29) is 0 Å². The lowest BCUT2D eigenvalue weighted by molar-refractivity contribution is 0.322. The summed E-state index contributed by atoms with van der Waals surface area (Å²) in [6.45, 7) is 8.10. The Bertz CT molecular complexity index is 138. The molecule has 0 heterocycles. The smallest absolute Gasteiger partial charge is 0.00951 e. The summed E-state index contributed by atoms with van der Waals surface area (Å²) in [6.07, 6.45) is 8.39. The van der Waals surface area contributed by atoms with Crippen molar-refractivity contribution in [3.63, 3.8) is 0 Å². The van der Waals surface area contributed by atoms with E-state index in [1.54, 1.807) is 0 Å². The molecule has 78 valence electrons. The van der Waals surface area contributed by atoms with Crippen molar-refractivity contribution in [2.45, 2.75) is 65.3 Å². The van der Waals surface area contributed by atoms with Gasteiger partial charge in [0, 0.05) is 6.04 Å². The Hall–Kier alpha value is -0.0400. The van der Waals surface area contributed by atoms with Crippen LogP contribution in [-0.4, -0.2) is 12.6 Å². The average molecular weight is 183 g/mol. The van der Waals surface area contributed by atoms with Crippen LogP contribution in [0.25, 0.3) is 0 Å². The van der Waals surface area contributed by atoms with Crippen molar-refractivity contribution in [3.05, 3.63) is 0 Å². The maximum Gasteiger partial charge on any atom is 0.00951 e. The minimum Gasteiger partial charge on any atom is -0.314 e. The molecule has 0 aromatic carbocycles. The highest BCUT2D eigenvalue weighted by Crippen LogP contribution is 2.52. The van der Waals surface area contributed by atoms with Crippen LogP contribution in [0, 0.1) is 5.41 Å². The molecule has 1 aliphatic carbocycles. The van der Waals surface area contributed by atoms with E-state index in [1.807, 2.05) is 0 Å². The van der Waals surface area contributed by atoms with E-state index in [0.29, 0.717) is 5.41 Å². The Morgan fingerprint density at radius 1 is 1.23 bits per heavy atom. The molecule has 0 aromatic heterocycles. The molecule has 13 heavy (non-hydrogen) atoms. The Kier molecular flexibility index (Phi) is 4.24. The fourth-order valence-corrected chi connectivity index (χ4v) is 2.17. The molecule has 1 saturated carbocycles. The molecule has 1 fully saturated rings. The zero-order valence-electron chi connectivity index (χ0n) is 9.53. The monoisotopic (exact) mass is 183 g/mol. The van der Waals surface area contributed by atoms with Crippen LogP contribution in [0.1, 0.15) is 59.3 Å². The molecule has 1 atom stereocenters. The van der Waals surface area contributed by atoms with Crippen LogP contribution < -0.4 is 5.32 Å². The maximum atomic E-state index is 3.64. The largest absolute Gasteiger partial charge is 0.314 e. The average Bonchev–Trinajstić information content (AvgIpc) is 2.92. The highest BCUT2D eigenvalue weighted by Gasteiger charge is 2.45. The van der Waals surface area contributed by atoms with Crippen molar-refractivity contribution in [1.29, 1.82) is 0 Å². The summed E-state index contributed by atoms with van der Waals surface area (Å²) in [7, 11) is 0. The molecule has 0 aliphatic heterocycles. The molecule has 0 bridgehead atoms. The summed E-state index contributed by atoms with van der Waals surface area (Å²) in [5.41, 5.74) is 0.700. The lowest BCUT2D eigenvalue weighted by Gasteiger charge is -2.24. The summed E-state index contributed by atoms with van der Waals surface area (Å²) in [5.74, 6) is 0. The minimum atomic E-state index is 0.700. The zero-order valence-corrected chi connectivity index (χ0v) is 9.53. The Morgan fingerprint density at radius 3 is 2.38 bits per heavy atom. The van der Waals surface area contributed by atoms with Gasteiger partial charge in [-0.1, -0.05) is 26.7 Å². The number of unbranched alkanes of at least 4 members (excludes halogenated alkanes) is 1. The predicted molar refractivity (Wildman–Crippen MR) is 58.9 cm³/mol. The summed E-state index contributed by atoms with van der Waals surface area (Å²) in [5, 5.41) is 3.64. The second kappa shape index (κ2) is 4.99. The van der Waals surface area contributed by atoms with E-state index in [9.17, 15) is 0 Å². The van der Waals surface area contributed by atoms with E-state index in [4.69, 9.17) is 0 Å². The maximum absolute atomic E-state index is 3.64. The molecule has 1 aliphatic rings. The van der Waals surface area contributed by atoms with Gasteiger partial charge in [-0.2, -0.15) is 0 Å². The van der Waals surface area contributed by atoms with Gasteiger partial charge in [0.1, 0.15) is 0 Å². The van der Waals surface area contributed by atoms with Crippen LogP contribution in [0.2, 0.25) is 0 Å². The first-order chi connectivity index (χ1) is 6.25. The Labute approximate surface area is 83.3 Å². The predicted octanol–water partition coefficient (Wildman–Crippen LogP) is 3.34. The van der Waals surface area contributed by atoms with Gasteiger partial charge in [0.25, 0.3) is 0 Å². The van der Waals surface area contributed by atoms with E-state index in [2.05, 4.69) is 26.1 Å². The lowest BCUT2D eigenvalue weighted by Crippen LogP contribution is -2.35. The van der Waals surface area contributed by atoms with Gasteiger partial charge in [0.15, 0.2) is 0 Å². The van der Waals surface area contributed by atoms with Gasteiger partial charge in [-0.05, 0) is 44.6 Å². The van der Waals surface area contributed by atoms with E-state index >= 15 is 0 Å². The summed E-state index contributed by atoms with van der Waals surface area (Å²) < 4.78 is 0. The van der Waals surface area contributed by atoms with Crippen molar-refractivity contribution in [2.24, 2.45) is 5.41 Å². The van der Waals surface area contributed by atoms with Crippen molar-refractivity contribution in [3.8, 4) is 0 Å². The van der Waals surface area contributed by atoms with Gasteiger partial charge in [0.2, 0.25) is 0 Å². The Morgan fingerprint density at radius 2 is 1.92 bits per heavy atom. The van der Waals surface area contributed by atoms with Crippen LogP contribution in [0.4, 0.5) is 0 Å². The van der Waals surface area contributed by atoms with Crippen LogP contribution in [0.3, 0.4) is 0 Å². The topological polar surface area (TPSA) is 12.0 Å². The van der Waals surface area contributed by atoms with Gasteiger partial charge in [-0.3, -0.25) is 0 Å². The van der Waals surface area contributed by atoms with E-state index < -0.39 is 0 Å². The molecular formula is C12H25N. The first-order valence-corrected chi connectivity index (χ1v) is 5.98. The summed E-state index contributed by atoms with van der Waals surface area (Å²) in [4.78, 5) is 0. The molecule has 1 unspecified atom stereocenters. The minimum absolute atomic E-state index is 0.700. The first kappa shape index (κ1) is 11.0. The number of rotatable bonds is 7. The summed E-state index contributed by atoms with van der Waals surface area (Å²) in [6, 6.07) is 0.749. The van der Waals surface area contributed by atoms with Gasteiger partial charge >= 0.3 is 0 Å². The fraction of sp³-hybridized carbons (Fsp3) is 1.00. The van der Waals surface area contributed by atoms with Gasteiger partial charge in [0.05, 0.1) is 0 Å². The molecule has 1 rings (SSSR count). The van der Waals surface area contributed by atoms with Crippen LogP contribution in [0.5, 0.6) is 0 Å². The van der Waals surface area contributed by atoms with Crippen molar-refractivity contribution < 1.29 is 0 Å². The van der Waals surface area contributed by atoms with Crippen molar-refractivity contribution in [2.75, 3.05) is 6.54 Å².